The first-order valence-electron chi connectivity index (χ1n) is 5.35. The molecule has 0 saturated heterocycles. The third kappa shape index (κ3) is 4.76. The highest BCUT2D eigenvalue weighted by atomic mass is 14.6. The first-order valence-corrected chi connectivity index (χ1v) is 5.35. The van der Waals surface area contributed by atoms with E-state index in [4.69, 9.17) is 5.73 Å². The molecule has 0 spiro atoms. The van der Waals surface area contributed by atoms with Crippen molar-refractivity contribution in [3.63, 3.8) is 0 Å². The highest BCUT2D eigenvalue weighted by Gasteiger charge is 2.15. The molecule has 12 heavy (non-hydrogen) atoms. The maximum absolute atomic E-state index is 6.06. The van der Waals surface area contributed by atoms with Crippen molar-refractivity contribution in [1.29, 1.82) is 0 Å². The fourth-order valence-electron chi connectivity index (χ4n) is 1.39. The van der Waals surface area contributed by atoms with Gasteiger partial charge >= 0.3 is 0 Å². The monoisotopic (exact) mass is 171 g/mol. The van der Waals surface area contributed by atoms with Crippen molar-refractivity contribution in [2.75, 3.05) is 0 Å². The molecular weight excluding hydrogens is 146 g/mol. The van der Waals surface area contributed by atoms with Crippen molar-refractivity contribution in [2.45, 2.75) is 59.4 Å². The summed E-state index contributed by atoms with van der Waals surface area (Å²) in [7, 11) is 0. The van der Waals surface area contributed by atoms with Gasteiger partial charge in [0.25, 0.3) is 0 Å². The molecule has 0 bridgehead atoms. The average molecular weight is 171 g/mol. The van der Waals surface area contributed by atoms with E-state index in [1.807, 2.05) is 0 Å². The summed E-state index contributed by atoms with van der Waals surface area (Å²) in [5.41, 5.74) is 6.06. The van der Waals surface area contributed by atoms with Gasteiger partial charge in [-0.2, -0.15) is 0 Å². The summed E-state index contributed by atoms with van der Waals surface area (Å²) >= 11 is 0. The van der Waals surface area contributed by atoms with Gasteiger partial charge < -0.3 is 5.73 Å². The van der Waals surface area contributed by atoms with E-state index in [-0.39, 0.29) is 0 Å². The molecule has 0 aromatic rings. The summed E-state index contributed by atoms with van der Waals surface area (Å²) in [5, 5.41) is 0. The zero-order valence-electron chi connectivity index (χ0n) is 9.14. The molecule has 0 aromatic heterocycles. The van der Waals surface area contributed by atoms with Crippen molar-refractivity contribution in [3.05, 3.63) is 0 Å². The molecule has 0 saturated carbocycles. The molecule has 0 radical (unpaired) electrons. The van der Waals surface area contributed by atoms with E-state index in [1.165, 1.54) is 25.7 Å². The fraction of sp³-hybridized carbons (Fsp3) is 1.00. The molecule has 0 aliphatic carbocycles. The molecule has 0 fully saturated rings. The summed E-state index contributed by atoms with van der Waals surface area (Å²) in [4.78, 5) is 0. The molecule has 0 rings (SSSR count). The van der Waals surface area contributed by atoms with Crippen LogP contribution in [0, 0.1) is 11.8 Å². The third-order valence-electron chi connectivity index (χ3n) is 2.87. The molecule has 1 nitrogen and oxygen atoms in total. The SMILES string of the molecule is CCCCCC(N)C(C)C(C)C. The lowest BCUT2D eigenvalue weighted by atomic mass is 9.88. The number of rotatable bonds is 6. The second kappa shape index (κ2) is 6.47. The number of hydrogen-bond acceptors (Lipinski definition) is 1. The van der Waals surface area contributed by atoms with E-state index in [0.717, 1.165) is 5.92 Å². The maximum atomic E-state index is 6.06. The Kier molecular flexibility index (Phi) is 6.45. The Morgan fingerprint density at radius 1 is 1.08 bits per heavy atom. The first-order chi connectivity index (χ1) is 5.59. The van der Waals surface area contributed by atoms with Gasteiger partial charge in [-0.3, -0.25) is 0 Å². The third-order valence-corrected chi connectivity index (χ3v) is 2.87. The van der Waals surface area contributed by atoms with Crippen LogP contribution in [0.5, 0.6) is 0 Å². The largest absolute Gasteiger partial charge is 0.327 e. The molecule has 0 heterocycles. The van der Waals surface area contributed by atoms with Crippen LogP contribution in [-0.2, 0) is 0 Å². The lowest BCUT2D eigenvalue weighted by Crippen LogP contribution is -2.31. The molecule has 0 aromatic carbocycles. The predicted molar refractivity (Wildman–Crippen MR) is 56.1 cm³/mol. The normalized spacial score (nSPS) is 16.5. The summed E-state index contributed by atoms with van der Waals surface area (Å²) in [6.45, 7) is 9.01. The quantitative estimate of drug-likeness (QED) is 0.610. The van der Waals surface area contributed by atoms with Crippen molar-refractivity contribution in [3.8, 4) is 0 Å². The Morgan fingerprint density at radius 2 is 1.67 bits per heavy atom. The topological polar surface area (TPSA) is 26.0 Å². The van der Waals surface area contributed by atoms with Gasteiger partial charge in [-0.05, 0) is 18.3 Å². The highest BCUT2D eigenvalue weighted by Crippen LogP contribution is 2.17. The van der Waals surface area contributed by atoms with E-state index in [2.05, 4.69) is 27.7 Å². The number of hydrogen-bond donors (Lipinski definition) is 1. The smallest absolute Gasteiger partial charge is 0.00669 e. The van der Waals surface area contributed by atoms with Crippen molar-refractivity contribution >= 4 is 0 Å². The van der Waals surface area contributed by atoms with Crippen LogP contribution in [0.2, 0.25) is 0 Å². The van der Waals surface area contributed by atoms with Crippen LogP contribution >= 0.6 is 0 Å². The van der Waals surface area contributed by atoms with E-state index in [9.17, 15) is 0 Å². The van der Waals surface area contributed by atoms with Crippen molar-refractivity contribution < 1.29 is 0 Å². The van der Waals surface area contributed by atoms with Gasteiger partial charge in [-0.15, -0.1) is 0 Å². The van der Waals surface area contributed by atoms with E-state index >= 15 is 0 Å². The maximum Gasteiger partial charge on any atom is 0.00669 e. The van der Waals surface area contributed by atoms with Crippen LogP contribution in [-0.4, -0.2) is 6.04 Å². The zero-order chi connectivity index (χ0) is 9.56. The van der Waals surface area contributed by atoms with Gasteiger partial charge in [0.1, 0.15) is 0 Å². The summed E-state index contributed by atoms with van der Waals surface area (Å²) in [5.74, 6) is 1.39. The minimum absolute atomic E-state index is 0.413. The summed E-state index contributed by atoms with van der Waals surface area (Å²) in [6, 6.07) is 0.413. The average Bonchev–Trinajstić information content (AvgIpc) is 2.03. The van der Waals surface area contributed by atoms with Gasteiger partial charge in [0.2, 0.25) is 0 Å². The zero-order valence-corrected chi connectivity index (χ0v) is 9.14. The van der Waals surface area contributed by atoms with Gasteiger partial charge in [-0.1, -0.05) is 47.0 Å². The number of nitrogens with two attached hydrogens (primary N) is 1. The summed E-state index contributed by atoms with van der Waals surface area (Å²) in [6.07, 6.45) is 5.13. The van der Waals surface area contributed by atoms with E-state index < -0.39 is 0 Å². The molecule has 0 aliphatic rings. The Labute approximate surface area is 77.7 Å². The van der Waals surface area contributed by atoms with E-state index in [0.29, 0.717) is 12.0 Å². The van der Waals surface area contributed by atoms with Gasteiger partial charge in [-0.25, -0.2) is 0 Å². The minimum atomic E-state index is 0.413. The molecule has 0 aliphatic heterocycles. The van der Waals surface area contributed by atoms with Crippen LogP contribution in [0.1, 0.15) is 53.4 Å². The van der Waals surface area contributed by atoms with Crippen LogP contribution in [0.4, 0.5) is 0 Å². The second-order valence-corrected chi connectivity index (χ2v) is 4.26. The van der Waals surface area contributed by atoms with Crippen molar-refractivity contribution in [2.24, 2.45) is 17.6 Å². The van der Waals surface area contributed by atoms with Crippen LogP contribution in [0.15, 0.2) is 0 Å². The summed E-state index contributed by atoms with van der Waals surface area (Å²) < 4.78 is 0. The van der Waals surface area contributed by atoms with Crippen molar-refractivity contribution in [1.82, 2.24) is 0 Å². The molecule has 2 unspecified atom stereocenters. The first kappa shape index (κ1) is 12.0. The highest BCUT2D eigenvalue weighted by molar-refractivity contribution is 4.71. The molecule has 2 atom stereocenters. The Balaban J connectivity index is 3.49. The Morgan fingerprint density at radius 3 is 2.08 bits per heavy atom. The molecular formula is C11H25N. The van der Waals surface area contributed by atoms with Gasteiger partial charge in [0.15, 0.2) is 0 Å². The second-order valence-electron chi connectivity index (χ2n) is 4.26. The van der Waals surface area contributed by atoms with Gasteiger partial charge in [0, 0.05) is 6.04 Å². The lowest BCUT2D eigenvalue weighted by Gasteiger charge is -2.23. The molecule has 0 amide bonds. The lowest BCUT2D eigenvalue weighted by molar-refractivity contribution is 0.326. The van der Waals surface area contributed by atoms with E-state index in [1.54, 1.807) is 0 Å². The molecule has 1 heteroatoms. The van der Waals surface area contributed by atoms with Crippen LogP contribution in [0.25, 0.3) is 0 Å². The minimum Gasteiger partial charge on any atom is -0.327 e. The molecule has 74 valence electrons. The standard InChI is InChI=1S/C11H25N/c1-5-6-7-8-11(12)10(4)9(2)3/h9-11H,5-8,12H2,1-4H3. The van der Waals surface area contributed by atoms with Gasteiger partial charge in [0.05, 0.1) is 0 Å². The predicted octanol–water partition coefficient (Wildman–Crippen LogP) is 3.19. The fourth-order valence-corrected chi connectivity index (χ4v) is 1.39. The van der Waals surface area contributed by atoms with Crippen LogP contribution in [0.3, 0.4) is 0 Å². The van der Waals surface area contributed by atoms with Crippen LogP contribution < -0.4 is 5.73 Å². The Hall–Kier alpha value is -0.0400. The number of unbranched alkanes of at least 4 members (excludes halogenated alkanes) is 2. The Bertz CT molecular complexity index is 99.2. The molecule has 2 N–H and O–H groups in total.